The molecular formula is C14H17N5O4S. The molecule has 0 unspecified atom stereocenters. The summed E-state index contributed by atoms with van der Waals surface area (Å²) in [5, 5.41) is 18.5. The maximum atomic E-state index is 12.4. The van der Waals surface area contributed by atoms with Gasteiger partial charge in [-0.1, -0.05) is 12.1 Å². The van der Waals surface area contributed by atoms with Gasteiger partial charge in [0.2, 0.25) is 0 Å². The maximum Gasteiger partial charge on any atom is 0.289 e. The first-order valence-corrected chi connectivity index (χ1v) is 8.97. The molecule has 10 heteroatoms. The molecule has 0 amide bonds. The van der Waals surface area contributed by atoms with Gasteiger partial charge in [-0.2, -0.15) is 5.10 Å². The molecule has 24 heavy (non-hydrogen) atoms. The highest BCUT2D eigenvalue weighted by Crippen LogP contribution is 2.26. The topological polar surface area (TPSA) is 119 Å². The fraction of sp³-hybridized carbons (Fsp3) is 0.357. The van der Waals surface area contributed by atoms with E-state index in [0.717, 1.165) is 32.0 Å². The Labute approximate surface area is 138 Å². The zero-order valence-corrected chi connectivity index (χ0v) is 13.6. The van der Waals surface area contributed by atoms with Crippen LogP contribution in [0.4, 0.5) is 11.4 Å². The van der Waals surface area contributed by atoms with Crippen LogP contribution in [-0.2, 0) is 10.0 Å². The van der Waals surface area contributed by atoms with Crippen LogP contribution in [0.3, 0.4) is 0 Å². The van der Waals surface area contributed by atoms with E-state index in [4.69, 9.17) is 0 Å². The second-order valence-electron chi connectivity index (χ2n) is 5.52. The summed E-state index contributed by atoms with van der Waals surface area (Å²) < 4.78 is 29.0. The number of sulfonamides is 1. The number of hydrogen-bond acceptors (Lipinski definition) is 6. The van der Waals surface area contributed by atoms with Crippen molar-refractivity contribution >= 4 is 21.4 Å². The first kappa shape index (κ1) is 16.4. The number of para-hydroxylation sites is 1. The van der Waals surface area contributed by atoms with E-state index in [9.17, 15) is 18.5 Å². The van der Waals surface area contributed by atoms with E-state index in [1.54, 1.807) is 10.9 Å². The normalized spacial score (nSPS) is 16.0. The van der Waals surface area contributed by atoms with Crippen LogP contribution in [0.2, 0.25) is 0 Å². The molecule has 1 aromatic heterocycles. The number of hydrogen-bond donors (Lipinski definition) is 2. The number of rotatable bonds is 5. The average molecular weight is 351 g/mol. The van der Waals surface area contributed by atoms with Crippen LogP contribution >= 0.6 is 0 Å². The number of nitro benzene ring substituents is 1. The predicted molar refractivity (Wildman–Crippen MR) is 87.3 cm³/mol. The van der Waals surface area contributed by atoms with Crippen LogP contribution in [0.1, 0.15) is 18.9 Å². The number of nitrogens with one attached hydrogen (secondary N) is 2. The van der Waals surface area contributed by atoms with Crippen LogP contribution in [0.5, 0.6) is 0 Å². The summed E-state index contributed by atoms with van der Waals surface area (Å²) in [5.41, 5.74) is -0.178. The van der Waals surface area contributed by atoms with Gasteiger partial charge in [-0.05, 0) is 32.0 Å². The summed E-state index contributed by atoms with van der Waals surface area (Å²) in [7, 11) is -4.06. The molecule has 0 radical (unpaired) electrons. The molecule has 1 fully saturated rings. The van der Waals surface area contributed by atoms with Crippen molar-refractivity contribution in [3.05, 3.63) is 46.8 Å². The molecule has 2 heterocycles. The number of nitrogens with zero attached hydrogens (tertiary/aromatic N) is 3. The molecule has 0 atom stereocenters. The zero-order valence-electron chi connectivity index (χ0n) is 12.8. The van der Waals surface area contributed by atoms with Crippen LogP contribution in [0, 0.1) is 10.1 Å². The van der Waals surface area contributed by atoms with Crippen molar-refractivity contribution < 1.29 is 13.3 Å². The van der Waals surface area contributed by atoms with E-state index < -0.39 is 20.6 Å². The minimum absolute atomic E-state index is 0.218. The largest absolute Gasteiger partial charge is 0.317 e. The number of nitro groups is 1. The van der Waals surface area contributed by atoms with E-state index in [2.05, 4.69) is 15.1 Å². The lowest BCUT2D eigenvalue weighted by molar-refractivity contribution is -0.387. The summed E-state index contributed by atoms with van der Waals surface area (Å²) in [6.45, 7) is 1.78. The highest BCUT2D eigenvalue weighted by Gasteiger charge is 2.26. The van der Waals surface area contributed by atoms with Gasteiger partial charge in [0.15, 0.2) is 4.90 Å². The van der Waals surface area contributed by atoms with Crippen LogP contribution in [0.15, 0.2) is 41.6 Å². The second-order valence-corrected chi connectivity index (χ2v) is 7.17. The van der Waals surface area contributed by atoms with Crippen molar-refractivity contribution in [3.63, 3.8) is 0 Å². The number of aromatic nitrogens is 2. The highest BCUT2D eigenvalue weighted by atomic mass is 32.2. The standard InChI is InChI=1S/C14H17N5O4S/c20-19(21)13-3-1-2-4-14(13)24(22,23)17-11-9-16-18(10-11)12-5-7-15-8-6-12/h1-4,9-10,12,15,17H,5-8H2. The molecule has 1 saturated heterocycles. The van der Waals surface area contributed by atoms with Crippen molar-refractivity contribution in [1.82, 2.24) is 15.1 Å². The third-order valence-corrected chi connectivity index (χ3v) is 5.32. The van der Waals surface area contributed by atoms with Gasteiger partial charge in [0.05, 0.1) is 22.8 Å². The summed E-state index contributed by atoms with van der Waals surface area (Å²) in [4.78, 5) is 9.94. The lowest BCUT2D eigenvalue weighted by Gasteiger charge is -2.22. The Morgan fingerprint density at radius 2 is 2.00 bits per heavy atom. The van der Waals surface area contributed by atoms with Gasteiger partial charge in [0.25, 0.3) is 15.7 Å². The molecule has 2 aromatic rings. The van der Waals surface area contributed by atoms with E-state index >= 15 is 0 Å². The Hall–Kier alpha value is -2.46. The molecule has 9 nitrogen and oxygen atoms in total. The maximum absolute atomic E-state index is 12.4. The zero-order chi connectivity index (χ0) is 17.2. The van der Waals surface area contributed by atoms with Crippen LogP contribution in [-0.4, -0.2) is 36.2 Å². The van der Waals surface area contributed by atoms with E-state index in [-0.39, 0.29) is 16.6 Å². The first-order valence-electron chi connectivity index (χ1n) is 7.48. The van der Waals surface area contributed by atoms with Crippen molar-refractivity contribution in [2.24, 2.45) is 0 Å². The molecule has 0 aliphatic carbocycles. The third-order valence-electron chi connectivity index (χ3n) is 3.89. The fourth-order valence-corrected chi connectivity index (χ4v) is 3.91. The molecular weight excluding hydrogens is 334 g/mol. The van der Waals surface area contributed by atoms with Crippen molar-refractivity contribution in [1.29, 1.82) is 0 Å². The number of piperidine rings is 1. The smallest absolute Gasteiger partial charge is 0.289 e. The lowest BCUT2D eigenvalue weighted by Crippen LogP contribution is -2.29. The molecule has 1 aromatic carbocycles. The van der Waals surface area contributed by atoms with Gasteiger partial charge in [0.1, 0.15) is 0 Å². The average Bonchev–Trinajstić information content (AvgIpc) is 3.03. The summed E-state index contributed by atoms with van der Waals surface area (Å²) in [6.07, 6.45) is 4.85. The lowest BCUT2D eigenvalue weighted by atomic mass is 10.1. The minimum atomic E-state index is -4.06. The summed E-state index contributed by atoms with van der Waals surface area (Å²) in [5.74, 6) is 0. The van der Waals surface area contributed by atoms with Crippen molar-refractivity contribution in [2.45, 2.75) is 23.8 Å². The van der Waals surface area contributed by atoms with Crippen molar-refractivity contribution in [2.75, 3.05) is 17.8 Å². The van der Waals surface area contributed by atoms with Gasteiger partial charge in [0, 0.05) is 12.3 Å². The third kappa shape index (κ3) is 3.39. The first-order chi connectivity index (χ1) is 11.5. The van der Waals surface area contributed by atoms with Gasteiger partial charge in [-0.25, -0.2) is 8.42 Å². The minimum Gasteiger partial charge on any atom is -0.317 e. The molecule has 1 aliphatic heterocycles. The molecule has 0 saturated carbocycles. The molecule has 3 rings (SSSR count). The van der Waals surface area contributed by atoms with Crippen LogP contribution < -0.4 is 10.0 Å². The SMILES string of the molecule is O=[N+]([O-])c1ccccc1S(=O)(=O)Nc1cnn(C2CCNCC2)c1. The van der Waals surface area contributed by atoms with E-state index in [1.165, 1.54) is 24.4 Å². The predicted octanol–water partition coefficient (Wildman–Crippen LogP) is 1.52. The molecule has 128 valence electrons. The quantitative estimate of drug-likeness (QED) is 0.622. The molecule has 1 aliphatic rings. The van der Waals surface area contributed by atoms with Crippen molar-refractivity contribution in [3.8, 4) is 0 Å². The Kier molecular flexibility index (Phi) is 4.49. The van der Waals surface area contributed by atoms with Crippen LogP contribution in [0.25, 0.3) is 0 Å². The van der Waals surface area contributed by atoms with Gasteiger partial charge in [-0.15, -0.1) is 0 Å². The Balaban J connectivity index is 1.83. The molecule has 0 spiro atoms. The van der Waals surface area contributed by atoms with Gasteiger partial charge < -0.3 is 5.32 Å². The van der Waals surface area contributed by atoms with E-state index in [0.29, 0.717) is 0 Å². The molecule has 2 N–H and O–H groups in total. The Morgan fingerprint density at radius 1 is 1.29 bits per heavy atom. The second kappa shape index (κ2) is 6.57. The van der Waals surface area contributed by atoms with Gasteiger partial charge in [-0.3, -0.25) is 19.5 Å². The summed E-state index contributed by atoms with van der Waals surface area (Å²) in [6, 6.07) is 5.45. The Morgan fingerprint density at radius 3 is 2.71 bits per heavy atom. The fourth-order valence-electron chi connectivity index (χ4n) is 2.71. The Bertz CT molecular complexity index is 842. The van der Waals surface area contributed by atoms with E-state index in [1.807, 2.05) is 0 Å². The monoisotopic (exact) mass is 351 g/mol. The highest BCUT2D eigenvalue weighted by molar-refractivity contribution is 7.92. The number of benzene rings is 1. The number of anilines is 1. The summed E-state index contributed by atoms with van der Waals surface area (Å²) >= 11 is 0. The molecule has 0 bridgehead atoms. The van der Waals surface area contributed by atoms with Gasteiger partial charge >= 0.3 is 0 Å².